The fraction of sp³-hybridized carbons (Fsp3) is 0.105. The van der Waals surface area contributed by atoms with Crippen LogP contribution in [-0.4, -0.2) is 9.55 Å². The Labute approximate surface area is 164 Å². The lowest BCUT2D eigenvalue weighted by molar-refractivity contribution is 0.624. The van der Waals surface area contributed by atoms with Gasteiger partial charge in [0.05, 0.1) is 10.7 Å². The van der Waals surface area contributed by atoms with Crippen LogP contribution < -0.4 is 0 Å². The van der Waals surface area contributed by atoms with Crippen molar-refractivity contribution in [1.29, 1.82) is 0 Å². The summed E-state index contributed by atoms with van der Waals surface area (Å²) in [5, 5.41) is 1.12. The summed E-state index contributed by atoms with van der Waals surface area (Å²) >= 11 is 15.5. The topological polar surface area (TPSA) is 17.8 Å². The molecule has 0 amide bonds. The summed E-state index contributed by atoms with van der Waals surface area (Å²) in [6, 6.07) is 10.3. The number of benzene rings is 2. The first kappa shape index (κ1) is 18.2. The highest BCUT2D eigenvalue weighted by Gasteiger charge is 2.10. The number of nitrogens with zero attached hydrogens (tertiary/aromatic N) is 2. The summed E-state index contributed by atoms with van der Waals surface area (Å²) in [4.78, 5) is 4.62. The number of hydrogen-bond acceptors (Lipinski definition) is 1. The molecule has 0 radical (unpaired) electrons. The average molecular weight is 440 g/mol. The van der Waals surface area contributed by atoms with E-state index in [0.717, 1.165) is 23.6 Å². The van der Waals surface area contributed by atoms with Crippen LogP contribution in [0.2, 0.25) is 10.0 Å². The third kappa shape index (κ3) is 4.14. The Morgan fingerprint density at radius 1 is 1.16 bits per heavy atom. The van der Waals surface area contributed by atoms with Gasteiger partial charge in [0.1, 0.15) is 11.6 Å². The first-order valence-corrected chi connectivity index (χ1v) is 9.18. The summed E-state index contributed by atoms with van der Waals surface area (Å²) in [6.45, 7) is 2.76. The maximum Gasteiger partial charge on any atom is 0.133 e. The van der Waals surface area contributed by atoms with Gasteiger partial charge in [-0.2, -0.15) is 0 Å². The van der Waals surface area contributed by atoms with E-state index in [1.807, 2.05) is 23.8 Å². The molecule has 0 spiro atoms. The van der Waals surface area contributed by atoms with E-state index in [1.165, 1.54) is 6.07 Å². The first-order valence-electron chi connectivity index (χ1n) is 7.63. The fourth-order valence-corrected chi connectivity index (χ4v) is 3.28. The summed E-state index contributed by atoms with van der Waals surface area (Å²) in [5.74, 6) is 0.437. The van der Waals surface area contributed by atoms with Crippen molar-refractivity contribution >= 4 is 51.3 Å². The van der Waals surface area contributed by atoms with Crippen molar-refractivity contribution in [3.8, 4) is 11.3 Å². The molecule has 6 heteroatoms. The Morgan fingerprint density at radius 3 is 2.64 bits per heavy atom. The van der Waals surface area contributed by atoms with Gasteiger partial charge in [-0.05, 0) is 49.4 Å². The van der Waals surface area contributed by atoms with E-state index in [9.17, 15) is 4.39 Å². The summed E-state index contributed by atoms with van der Waals surface area (Å²) in [7, 11) is 0. The largest absolute Gasteiger partial charge is 0.331 e. The molecular formula is C19H14BrCl2FN2. The van der Waals surface area contributed by atoms with Gasteiger partial charge >= 0.3 is 0 Å². The summed E-state index contributed by atoms with van der Waals surface area (Å²) < 4.78 is 16.6. The van der Waals surface area contributed by atoms with Gasteiger partial charge in [0.25, 0.3) is 0 Å². The second-order valence-electron chi connectivity index (χ2n) is 5.39. The van der Waals surface area contributed by atoms with Crippen LogP contribution in [-0.2, 0) is 6.54 Å². The zero-order chi connectivity index (χ0) is 18.0. The van der Waals surface area contributed by atoms with Crippen LogP contribution in [0, 0.1) is 5.82 Å². The van der Waals surface area contributed by atoms with Crippen LogP contribution in [0.5, 0.6) is 0 Å². The maximum atomic E-state index is 14.0. The Morgan fingerprint density at radius 2 is 1.96 bits per heavy atom. The van der Waals surface area contributed by atoms with E-state index in [0.29, 0.717) is 20.1 Å². The zero-order valence-electron chi connectivity index (χ0n) is 13.3. The Kier molecular flexibility index (Phi) is 5.62. The molecule has 0 aliphatic heterocycles. The van der Waals surface area contributed by atoms with Crippen molar-refractivity contribution in [1.82, 2.24) is 9.55 Å². The van der Waals surface area contributed by atoms with Crippen LogP contribution in [0.1, 0.15) is 18.3 Å². The van der Waals surface area contributed by atoms with E-state index in [1.54, 1.807) is 36.4 Å². The molecule has 0 saturated carbocycles. The van der Waals surface area contributed by atoms with Gasteiger partial charge in [-0.15, -0.1) is 0 Å². The molecule has 0 aliphatic rings. The minimum absolute atomic E-state index is 0.291. The van der Waals surface area contributed by atoms with Crippen molar-refractivity contribution in [2.75, 3.05) is 0 Å². The Balaban J connectivity index is 1.97. The molecule has 0 unspecified atom stereocenters. The first-order chi connectivity index (χ1) is 12.0. The molecule has 3 aromatic rings. The van der Waals surface area contributed by atoms with E-state index >= 15 is 0 Å². The Bertz CT molecular complexity index is 951. The summed E-state index contributed by atoms with van der Waals surface area (Å²) in [6.07, 6.45) is 5.43. The molecular weight excluding hydrogens is 426 g/mol. The van der Waals surface area contributed by atoms with Crippen molar-refractivity contribution in [3.05, 3.63) is 74.3 Å². The van der Waals surface area contributed by atoms with Crippen molar-refractivity contribution in [2.45, 2.75) is 13.5 Å². The predicted molar refractivity (Wildman–Crippen MR) is 106 cm³/mol. The molecule has 25 heavy (non-hydrogen) atoms. The minimum atomic E-state index is -0.291. The molecule has 3 rings (SSSR count). The molecule has 0 aliphatic carbocycles. The van der Waals surface area contributed by atoms with Crippen molar-refractivity contribution in [3.63, 3.8) is 0 Å². The highest BCUT2D eigenvalue weighted by molar-refractivity contribution is 9.10. The van der Waals surface area contributed by atoms with Crippen molar-refractivity contribution in [2.24, 2.45) is 0 Å². The second-order valence-corrected chi connectivity index (χ2v) is 7.15. The smallest absolute Gasteiger partial charge is 0.133 e. The van der Waals surface area contributed by atoms with Gasteiger partial charge in [-0.1, -0.05) is 45.2 Å². The zero-order valence-corrected chi connectivity index (χ0v) is 16.4. The monoisotopic (exact) mass is 438 g/mol. The molecule has 2 aromatic carbocycles. The predicted octanol–water partition coefficient (Wildman–Crippen LogP) is 6.95. The minimum Gasteiger partial charge on any atom is -0.331 e. The van der Waals surface area contributed by atoms with Crippen LogP contribution in [0.4, 0.5) is 4.39 Å². The number of aryl methyl sites for hydroxylation is 1. The lowest BCUT2D eigenvalue weighted by atomic mass is 10.2. The van der Waals surface area contributed by atoms with Gasteiger partial charge in [0.2, 0.25) is 0 Å². The van der Waals surface area contributed by atoms with Gasteiger partial charge in [0.15, 0.2) is 0 Å². The molecule has 1 aromatic heterocycles. The standard InChI is InChI=1S/C19H14BrCl2FN2/c1-2-25-11-18(15-7-6-14(21)10-16(15)22)24-19(25)8-4-12-3-5-13(20)9-17(12)23/h3-11H,2H2,1H3. The highest BCUT2D eigenvalue weighted by atomic mass is 79.9. The highest BCUT2D eigenvalue weighted by Crippen LogP contribution is 2.30. The lowest BCUT2D eigenvalue weighted by Crippen LogP contribution is -1.94. The Hall–Kier alpha value is -1.62. The molecule has 0 saturated heterocycles. The summed E-state index contributed by atoms with van der Waals surface area (Å²) in [5.41, 5.74) is 2.06. The number of halogens is 4. The molecule has 0 atom stereocenters. The normalized spacial score (nSPS) is 11.4. The third-order valence-electron chi connectivity index (χ3n) is 3.73. The van der Waals surface area contributed by atoms with E-state index < -0.39 is 0 Å². The third-order valence-corrected chi connectivity index (χ3v) is 4.77. The molecule has 128 valence electrons. The lowest BCUT2D eigenvalue weighted by Gasteiger charge is -2.00. The van der Waals surface area contributed by atoms with Crippen molar-refractivity contribution < 1.29 is 4.39 Å². The van der Waals surface area contributed by atoms with E-state index in [-0.39, 0.29) is 5.82 Å². The fourth-order valence-electron chi connectivity index (χ4n) is 2.44. The SMILES string of the molecule is CCn1cc(-c2ccc(Cl)cc2Cl)nc1C=Cc1ccc(Br)cc1F. The number of hydrogen-bond donors (Lipinski definition) is 0. The van der Waals surface area contributed by atoms with Crippen LogP contribution in [0.3, 0.4) is 0 Å². The van der Waals surface area contributed by atoms with Gasteiger partial charge in [0, 0.05) is 33.4 Å². The van der Waals surface area contributed by atoms with E-state index in [2.05, 4.69) is 20.9 Å². The average Bonchev–Trinajstić information content (AvgIpc) is 2.97. The van der Waals surface area contributed by atoms with Crippen LogP contribution in [0.15, 0.2) is 47.1 Å². The second kappa shape index (κ2) is 7.73. The van der Waals surface area contributed by atoms with Gasteiger partial charge < -0.3 is 4.57 Å². The van der Waals surface area contributed by atoms with Gasteiger partial charge in [-0.25, -0.2) is 9.37 Å². The van der Waals surface area contributed by atoms with Crippen LogP contribution in [0.25, 0.3) is 23.4 Å². The molecule has 2 nitrogen and oxygen atoms in total. The quantitative estimate of drug-likeness (QED) is 0.430. The number of aromatic nitrogens is 2. The number of rotatable bonds is 4. The van der Waals surface area contributed by atoms with E-state index in [4.69, 9.17) is 23.2 Å². The number of imidazole rings is 1. The van der Waals surface area contributed by atoms with Gasteiger partial charge in [-0.3, -0.25) is 0 Å². The molecule has 0 N–H and O–H groups in total. The van der Waals surface area contributed by atoms with Crippen LogP contribution >= 0.6 is 39.1 Å². The molecule has 1 heterocycles. The molecule has 0 bridgehead atoms. The molecule has 0 fully saturated rings. The maximum absolute atomic E-state index is 14.0.